The summed E-state index contributed by atoms with van der Waals surface area (Å²) in [7, 11) is 1.44. The van der Waals surface area contributed by atoms with Gasteiger partial charge in [-0.05, 0) is 37.5 Å². The minimum Gasteiger partial charge on any atom is -0.469 e. The monoisotopic (exact) mass is 265 g/mol. The molecule has 3 aliphatic rings. The third kappa shape index (κ3) is 2.37. The Hall–Kier alpha value is -1.06. The smallest absolute Gasteiger partial charge is 0.308 e. The van der Waals surface area contributed by atoms with Crippen molar-refractivity contribution in [1.82, 2.24) is 4.90 Å². The highest BCUT2D eigenvalue weighted by Crippen LogP contribution is 2.56. The number of carbonyl (C=O) groups excluding carboxylic acids is 2. The Morgan fingerprint density at radius 3 is 2.11 bits per heavy atom. The molecule has 1 heterocycles. The molecule has 0 N–H and O–H groups in total. The molecule has 4 heteroatoms. The van der Waals surface area contributed by atoms with Gasteiger partial charge in [-0.25, -0.2) is 0 Å². The molecule has 0 aromatic rings. The first-order valence-electron chi connectivity index (χ1n) is 7.59. The molecule has 0 bridgehead atoms. The van der Waals surface area contributed by atoms with E-state index in [2.05, 4.69) is 0 Å². The maximum atomic E-state index is 12.5. The third-order valence-corrected chi connectivity index (χ3v) is 5.28. The first-order valence-corrected chi connectivity index (χ1v) is 7.59. The molecule has 0 aromatic carbocycles. The van der Waals surface area contributed by atoms with Crippen molar-refractivity contribution in [1.29, 1.82) is 0 Å². The van der Waals surface area contributed by atoms with Gasteiger partial charge in [-0.1, -0.05) is 12.8 Å². The van der Waals surface area contributed by atoms with Gasteiger partial charge in [0.15, 0.2) is 0 Å². The van der Waals surface area contributed by atoms with E-state index in [9.17, 15) is 9.59 Å². The molecule has 2 atom stereocenters. The van der Waals surface area contributed by atoms with E-state index in [0.717, 1.165) is 25.9 Å². The maximum absolute atomic E-state index is 12.5. The lowest BCUT2D eigenvalue weighted by Gasteiger charge is -2.31. The summed E-state index contributed by atoms with van der Waals surface area (Å²) in [5.41, 5.74) is 0. The fourth-order valence-electron chi connectivity index (χ4n) is 4.07. The molecule has 3 fully saturated rings. The van der Waals surface area contributed by atoms with Gasteiger partial charge in [0.1, 0.15) is 0 Å². The standard InChI is InChI=1S/C15H23NO3/c1-19-15(18)10-6-8-16(9-7-10)14(17)13-11-4-2-3-5-12(11)13/h10-13H,2-9H2,1H3. The molecule has 1 saturated heterocycles. The molecule has 2 aliphatic carbocycles. The van der Waals surface area contributed by atoms with Crippen LogP contribution in [0.5, 0.6) is 0 Å². The Morgan fingerprint density at radius 1 is 1.00 bits per heavy atom. The summed E-state index contributed by atoms with van der Waals surface area (Å²) in [5, 5.41) is 0. The number of amides is 1. The fourth-order valence-corrected chi connectivity index (χ4v) is 4.07. The van der Waals surface area contributed by atoms with Crippen LogP contribution in [0.3, 0.4) is 0 Å². The molecule has 0 spiro atoms. The van der Waals surface area contributed by atoms with Crippen molar-refractivity contribution in [2.75, 3.05) is 20.2 Å². The van der Waals surface area contributed by atoms with Gasteiger partial charge >= 0.3 is 5.97 Å². The summed E-state index contributed by atoms with van der Waals surface area (Å²) in [6.45, 7) is 1.46. The average Bonchev–Trinajstić information content (AvgIpc) is 3.20. The number of fused-ring (bicyclic) bond motifs is 1. The van der Waals surface area contributed by atoms with Crippen LogP contribution in [0.2, 0.25) is 0 Å². The lowest BCUT2D eigenvalue weighted by Crippen LogP contribution is -2.41. The number of piperidine rings is 1. The van der Waals surface area contributed by atoms with Crippen LogP contribution in [0.1, 0.15) is 38.5 Å². The second-order valence-corrected chi connectivity index (χ2v) is 6.26. The largest absolute Gasteiger partial charge is 0.469 e. The highest BCUT2D eigenvalue weighted by molar-refractivity contribution is 5.83. The van der Waals surface area contributed by atoms with Gasteiger partial charge < -0.3 is 9.64 Å². The van der Waals surface area contributed by atoms with E-state index in [1.807, 2.05) is 4.90 Å². The Kier molecular flexibility index (Phi) is 3.50. The van der Waals surface area contributed by atoms with Crippen LogP contribution in [-0.4, -0.2) is 37.0 Å². The summed E-state index contributed by atoms with van der Waals surface area (Å²) in [6.07, 6.45) is 6.63. The van der Waals surface area contributed by atoms with E-state index in [1.165, 1.54) is 32.8 Å². The van der Waals surface area contributed by atoms with E-state index in [-0.39, 0.29) is 11.9 Å². The number of carbonyl (C=O) groups is 2. The van der Waals surface area contributed by atoms with E-state index in [0.29, 0.717) is 23.7 Å². The zero-order chi connectivity index (χ0) is 13.4. The van der Waals surface area contributed by atoms with Crippen LogP contribution in [-0.2, 0) is 14.3 Å². The van der Waals surface area contributed by atoms with Gasteiger partial charge in [-0.2, -0.15) is 0 Å². The lowest BCUT2D eigenvalue weighted by molar-refractivity contribution is -0.149. The number of ether oxygens (including phenoxy) is 1. The maximum Gasteiger partial charge on any atom is 0.308 e. The van der Waals surface area contributed by atoms with Crippen molar-refractivity contribution >= 4 is 11.9 Å². The topological polar surface area (TPSA) is 46.6 Å². The summed E-state index contributed by atoms with van der Waals surface area (Å²) in [5.74, 6) is 1.92. The predicted octanol–water partition coefficient (Wildman–Crippen LogP) is 1.83. The van der Waals surface area contributed by atoms with E-state index in [1.54, 1.807) is 0 Å². The number of esters is 1. The van der Waals surface area contributed by atoms with Crippen LogP contribution in [0.25, 0.3) is 0 Å². The van der Waals surface area contributed by atoms with Crippen LogP contribution >= 0.6 is 0 Å². The van der Waals surface area contributed by atoms with Crippen molar-refractivity contribution in [3.05, 3.63) is 0 Å². The normalized spacial score (nSPS) is 34.6. The van der Waals surface area contributed by atoms with Crippen LogP contribution in [0.4, 0.5) is 0 Å². The first-order chi connectivity index (χ1) is 9.22. The third-order valence-electron chi connectivity index (χ3n) is 5.28. The molecule has 106 valence electrons. The molecule has 4 nitrogen and oxygen atoms in total. The number of methoxy groups -OCH3 is 1. The minimum atomic E-state index is -0.118. The number of rotatable bonds is 2. The lowest BCUT2D eigenvalue weighted by atomic mass is 9.96. The Balaban J connectivity index is 1.52. The summed E-state index contributed by atoms with van der Waals surface area (Å²) < 4.78 is 4.78. The Bertz CT molecular complexity index is 362. The zero-order valence-electron chi connectivity index (χ0n) is 11.6. The second-order valence-electron chi connectivity index (χ2n) is 6.26. The van der Waals surface area contributed by atoms with E-state index >= 15 is 0 Å². The van der Waals surface area contributed by atoms with Crippen LogP contribution < -0.4 is 0 Å². The molecule has 1 amide bonds. The Labute approximate surface area is 114 Å². The fraction of sp³-hybridized carbons (Fsp3) is 0.867. The molecule has 3 rings (SSSR count). The predicted molar refractivity (Wildman–Crippen MR) is 70.3 cm³/mol. The second kappa shape index (κ2) is 5.14. The Morgan fingerprint density at radius 2 is 1.58 bits per heavy atom. The van der Waals surface area contributed by atoms with Crippen molar-refractivity contribution in [2.45, 2.75) is 38.5 Å². The number of nitrogens with zero attached hydrogens (tertiary/aromatic N) is 1. The highest BCUT2D eigenvalue weighted by Gasteiger charge is 2.55. The van der Waals surface area contributed by atoms with Gasteiger partial charge in [-0.15, -0.1) is 0 Å². The van der Waals surface area contributed by atoms with Gasteiger partial charge in [-0.3, -0.25) is 9.59 Å². The van der Waals surface area contributed by atoms with Crippen molar-refractivity contribution in [3.8, 4) is 0 Å². The zero-order valence-corrected chi connectivity index (χ0v) is 11.6. The van der Waals surface area contributed by atoms with Gasteiger partial charge in [0.25, 0.3) is 0 Å². The molecule has 0 aromatic heterocycles. The van der Waals surface area contributed by atoms with Crippen molar-refractivity contribution in [3.63, 3.8) is 0 Å². The number of hydrogen-bond donors (Lipinski definition) is 0. The highest BCUT2D eigenvalue weighted by atomic mass is 16.5. The first kappa shape index (κ1) is 12.9. The molecule has 2 saturated carbocycles. The van der Waals surface area contributed by atoms with Crippen LogP contribution in [0, 0.1) is 23.7 Å². The van der Waals surface area contributed by atoms with Gasteiger partial charge in [0.05, 0.1) is 13.0 Å². The number of likely N-dealkylation sites (tertiary alicyclic amines) is 1. The summed E-state index contributed by atoms with van der Waals surface area (Å²) >= 11 is 0. The van der Waals surface area contributed by atoms with Gasteiger partial charge in [0.2, 0.25) is 5.91 Å². The molecular weight excluding hydrogens is 242 g/mol. The van der Waals surface area contributed by atoms with E-state index < -0.39 is 0 Å². The molecule has 2 unspecified atom stereocenters. The van der Waals surface area contributed by atoms with E-state index in [4.69, 9.17) is 4.74 Å². The van der Waals surface area contributed by atoms with Crippen molar-refractivity contribution < 1.29 is 14.3 Å². The van der Waals surface area contributed by atoms with Crippen LogP contribution in [0.15, 0.2) is 0 Å². The summed E-state index contributed by atoms with van der Waals surface area (Å²) in [4.78, 5) is 25.9. The van der Waals surface area contributed by atoms with Crippen molar-refractivity contribution in [2.24, 2.45) is 23.7 Å². The quantitative estimate of drug-likeness (QED) is 0.716. The molecule has 0 radical (unpaired) electrons. The molecule has 19 heavy (non-hydrogen) atoms. The molecular formula is C15H23NO3. The minimum absolute atomic E-state index is 0.00414. The van der Waals surface area contributed by atoms with Gasteiger partial charge in [0, 0.05) is 19.0 Å². The SMILES string of the molecule is COC(=O)C1CCN(C(=O)C2C3CCCCC32)CC1. The summed E-state index contributed by atoms with van der Waals surface area (Å²) in [6, 6.07) is 0. The average molecular weight is 265 g/mol. The number of hydrogen-bond acceptors (Lipinski definition) is 3. The molecule has 1 aliphatic heterocycles.